The molecule has 0 fully saturated rings. The largest absolute Gasteiger partial charge is 0.260 e. The van der Waals surface area contributed by atoms with Gasteiger partial charge in [0.1, 0.15) is 0 Å². The molecule has 2 heteroatoms. The lowest BCUT2D eigenvalue weighted by Gasteiger charge is -1.97. The molecule has 0 N–H and O–H groups in total. The summed E-state index contributed by atoms with van der Waals surface area (Å²) in [4.78, 5) is 4.18. The maximum Gasteiger partial charge on any atom is 0.0589 e. The van der Waals surface area contributed by atoms with Gasteiger partial charge in [0.2, 0.25) is 0 Å². The maximum absolute atomic E-state index is 5.68. The molecule has 1 aromatic heterocycles. The summed E-state index contributed by atoms with van der Waals surface area (Å²) >= 11 is 5.68. The fourth-order valence-electron chi connectivity index (χ4n) is 0.912. The molecular weight excluding hydrogens is 158 g/mol. The fraction of sp³-hybridized carbons (Fsp3) is 0.444. The second-order valence-electron chi connectivity index (χ2n) is 2.57. The van der Waals surface area contributed by atoms with E-state index in [1.807, 2.05) is 12.1 Å². The molecule has 0 saturated carbocycles. The number of aromatic nitrogens is 1. The minimum atomic E-state index is 0.713. The molecule has 0 aliphatic carbocycles. The van der Waals surface area contributed by atoms with Gasteiger partial charge in [0.25, 0.3) is 0 Å². The summed E-state index contributed by atoms with van der Waals surface area (Å²) in [5, 5.41) is 0.713. The Labute approximate surface area is 72.4 Å². The molecule has 60 valence electrons. The highest BCUT2D eigenvalue weighted by molar-refractivity contribution is 6.30. The first-order chi connectivity index (χ1) is 5.33. The number of rotatable bonds is 3. The van der Waals surface area contributed by atoms with Crippen molar-refractivity contribution in [3.05, 3.63) is 29.0 Å². The third-order valence-corrected chi connectivity index (χ3v) is 1.80. The van der Waals surface area contributed by atoms with E-state index in [1.54, 1.807) is 6.20 Å². The van der Waals surface area contributed by atoms with Gasteiger partial charge in [-0.15, -0.1) is 0 Å². The predicted molar refractivity (Wildman–Crippen MR) is 47.9 cm³/mol. The number of pyridine rings is 1. The van der Waals surface area contributed by atoms with Crippen molar-refractivity contribution < 1.29 is 0 Å². The van der Waals surface area contributed by atoms with Gasteiger partial charge in [-0.05, 0) is 25.0 Å². The predicted octanol–water partition coefficient (Wildman–Crippen LogP) is 3.08. The van der Waals surface area contributed by atoms with Crippen molar-refractivity contribution in [1.29, 1.82) is 0 Å². The first-order valence-corrected chi connectivity index (χ1v) is 4.31. The molecule has 1 rings (SSSR count). The van der Waals surface area contributed by atoms with E-state index >= 15 is 0 Å². The number of halogens is 1. The molecule has 0 bridgehead atoms. The van der Waals surface area contributed by atoms with Gasteiger partial charge in [0.15, 0.2) is 0 Å². The van der Waals surface area contributed by atoms with E-state index in [4.69, 9.17) is 11.6 Å². The van der Waals surface area contributed by atoms with E-state index in [9.17, 15) is 0 Å². The number of hydrogen-bond donors (Lipinski definition) is 0. The minimum Gasteiger partial charge on any atom is -0.260 e. The number of unbranched alkanes of at least 4 members (excludes halogenated alkanes) is 1. The molecule has 1 aromatic rings. The van der Waals surface area contributed by atoms with Crippen LogP contribution in [0.2, 0.25) is 5.02 Å². The molecule has 0 radical (unpaired) electrons. The Bertz CT molecular complexity index is 205. The zero-order valence-corrected chi connectivity index (χ0v) is 7.43. The van der Waals surface area contributed by atoms with Gasteiger partial charge >= 0.3 is 0 Å². The second kappa shape index (κ2) is 4.35. The molecule has 0 atom stereocenters. The van der Waals surface area contributed by atoms with Gasteiger partial charge in [-0.25, -0.2) is 0 Å². The van der Waals surface area contributed by atoms with E-state index in [-0.39, 0.29) is 0 Å². The lowest BCUT2D eigenvalue weighted by atomic mass is 10.2. The van der Waals surface area contributed by atoms with Gasteiger partial charge in [-0.3, -0.25) is 4.98 Å². The minimum absolute atomic E-state index is 0.713. The third kappa shape index (κ3) is 2.89. The molecule has 11 heavy (non-hydrogen) atoms. The Morgan fingerprint density at radius 1 is 1.45 bits per heavy atom. The molecule has 0 amide bonds. The van der Waals surface area contributed by atoms with Crippen LogP contribution in [0, 0.1) is 0 Å². The monoisotopic (exact) mass is 169 g/mol. The van der Waals surface area contributed by atoms with Gasteiger partial charge in [0.05, 0.1) is 5.02 Å². The standard InChI is InChI=1S/C9H12ClN/c1-2-3-4-9-6-5-8(10)7-11-9/h5-7H,2-4H2,1H3. The van der Waals surface area contributed by atoms with Crippen molar-refractivity contribution in [2.75, 3.05) is 0 Å². The van der Waals surface area contributed by atoms with Crippen LogP contribution in [0.4, 0.5) is 0 Å². The third-order valence-electron chi connectivity index (χ3n) is 1.58. The van der Waals surface area contributed by atoms with Crippen LogP contribution >= 0.6 is 11.6 Å². The highest BCUT2D eigenvalue weighted by atomic mass is 35.5. The van der Waals surface area contributed by atoms with Crippen molar-refractivity contribution in [3.63, 3.8) is 0 Å². The van der Waals surface area contributed by atoms with Crippen molar-refractivity contribution in [3.8, 4) is 0 Å². The summed E-state index contributed by atoms with van der Waals surface area (Å²) in [5.74, 6) is 0. The van der Waals surface area contributed by atoms with Crippen molar-refractivity contribution in [2.45, 2.75) is 26.2 Å². The Morgan fingerprint density at radius 3 is 2.82 bits per heavy atom. The Hall–Kier alpha value is -0.560. The Kier molecular flexibility index (Phi) is 3.37. The summed E-state index contributed by atoms with van der Waals surface area (Å²) in [5.41, 5.74) is 1.14. The Morgan fingerprint density at radius 2 is 2.27 bits per heavy atom. The molecule has 1 nitrogen and oxygen atoms in total. The highest BCUT2D eigenvalue weighted by Gasteiger charge is 1.92. The van der Waals surface area contributed by atoms with Gasteiger partial charge in [-0.1, -0.05) is 24.9 Å². The normalized spacial score (nSPS) is 10.0. The maximum atomic E-state index is 5.68. The van der Waals surface area contributed by atoms with Gasteiger partial charge in [-0.2, -0.15) is 0 Å². The van der Waals surface area contributed by atoms with E-state index in [0.717, 1.165) is 12.1 Å². The molecule has 0 aliphatic heterocycles. The first kappa shape index (κ1) is 8.54. The van der Waals surface area contributed by atoms with Crippen LogP contribution in [0.5, 0.6) is 0 Å². The first-order valence-electron chi connectivity index (χ1n) is 3.93. The van der Waals surface area contributed by atoms with Crippen LogP contribution in [0.1, 0.15) is 25.5 Å². The SMILES string of the molecule is CCCCc1ccc(Cl)cn1. The average Bonchev–Trinajstić information content (AvgIpc) is 2.04. The van der Waals surface area contributed by atoms with Crippen LogP contribution in [-0.4, -0.2) is 4.98 Å². The summed E-state index contributed by atoms with van der Waals surface area (Å²) in [6.45, 7) is 2.18. The average molecular weight is 170 g/mol. The van der Waals surface area contributed by atoms with Crippen LogP contribution in [0.3, 0.4) is 0 Å². The number of hydrogen-bond acceptors (Lipinski definition) is 1. The fourth-order valence-corrected chi connectivity index (χ4v) is 1.02. The van der Waals surface area contributed by atoms with Crippen LogP contribution in [-0.2, 0) is 6.42 Å². The van der Waals surface area contributed by atoms with Gasteiger partial charge < -0.3 is 0 Å². The quantitative estimate of drug-likeness (QED) is 0.678. The van der Waals surface area contributed by atoms with Crippen molar-refractivity contribution in [1.82, 2.24) is 4.98 Å². The van der Waals surface area contributed by atoms with Crippen molar-refractivity contribution >= 4 is 11.6 Å². The Balaban J connectivity index is 2.52. The lowest BCUT2D eigenvalue weighted by molar-refractivity contribution is 0.777. The van der Waals surface area contributed by atoms with Gasteiger partial charge in [0, 0.05) is 11.9 Å². The van der Waals surface area contributed by atoms with Crippen LogP contribution in [0.25, 0.3) is 0 Å². The van der Waals surface area contributed by atoms with Crippen LogP contribution in [0.15, 0.2) is 18.3 Å². The summed E-state index contributed by atoms with van der Waals surface area (Å²) in [7, 11) is 0. The van der Waals surface area contributed by atoms with E-state index in [0.29, 0.717) is 5.02 Å². The topological polar surface area (TPSA) is 12.9 Å². The molecule has 0 spiro atoms. The lowest BCUT2D eigenvalue weighted by Crippen LogP contribution is -1.87. The summed E-state index contributed by atoms with van der Waals surface area (Å²) in [6, 6.07) is 3.87. The summed E-state index contributed by atoms with van der Waals surface area (Å²) in [6.07, 6.45) is 5.18. The molecule has 0 saturated heterocycles. The zero-order valence-electron chi connectivity index (χ0n) is 6.68. The van der Waals surface area contributed by atoms with E-state index in [1.165, 1.54) is 12.8 Å². The molecule has 1 heterocycles. The second-order valence-corrected chi connectivity index (χ2v) is 3.01. The number of aryl methyl sites for hydroxylation is 1. The smallest absolute Gasteiger partial charge is 0.0589 e. The van der Waals surface area contributed by atoms with Crippen molar-refractivity contribution in [2.24, 2.45) is 0 Å². The van der Waals surface area contributed by atoms with E-state index < -0.39 is 0 Å². The molecular formula is C9H12ClN. The summed E-state index contributed by atoms with van der Waals surface area (Å²) < 4.78 is 0. The molecule has 0 aliphatic rings. The number of nitrogens with zero attached hydrogens (tertiary/aromatic N) is 1. The van der Waals surface area contributed by atoms with E-state index in [2.05, 4.69) is 11.9 Å². The molecule has 0 unspecified atom stereocenters. The highest BCUT2D eigenvalue weighted by Crippen LogP contribution is 2.07. The zero-order chi connectivity index (χ0) is 8.10. The molecule has 0 aromatic carbocycles. The van der Waals surface area contributed by atoms with Crippen LogP contribution < -0.4 is 0 Å².